The normalized spacial score (nSPS) is 25.0. The highest BCUT2D eigenvalue weighted by Gasteiger charge is 2.29. The van der Waals surface area contributed by atoms with E-state index in [1.165, 1.54) is 25.7 Å². The monoisotopic (exact) mass is 300 g/mol. The van der Waals surface area contributed by atoms with Gasteiger partial charge in [0.15, 0.2) is 0 Å². The highest BCUT2D eigenvalue weighted by atomic mass is 32.2. The summed E-state index contributed by atoms with van der Waals surface area (Å²) in [5, 5.41) is 12.1. The SMILES string of the molecule is O=C(O)CC1CSCCN1C(=O)NC1CCCCCC1. The molecule has 20 heavy (non-hydrogen) atoms. The Bertz CT molecular complexity index is 343. The van der Waals surface area contributed by atoms with Gasteiger partial charge in [-0.15, -0.1) is 0 Å². The van der Waals surface area contributed by atoms with Crippen LogP contribution in [0.4, 0.5) is 4.79 Å². The minimum atomic E-state index is -0.829. The molecule has 2 fully saturated rings. The van der Waals surface area contributed by atoms with Crippen molar-refractivity contribution in [2.75, 3.05) is 18.1 Å². The van der Waals surface area contributed by atoms with Crippen LogP contribution in [0, 0.1) is 0 Å². The first-order valence-electron chi connectivity index (χ1n) is 7.53. The fourth-order valence-electron chi connectivity index (χ4n) is 2.97. The molecule has 0 bridgehead atoms. The Labute approximate surface area is 124 Å². The molecule has 114 valence electrons. The van der Waals surface area contributed by atoms with Crippen molar-refractivity contribution >= 4 is 23.8 Å². The molecule has 2 aliphatic rings. The lowest BCUT2D eigenvalue weighted by Crippen LogP contribution is -2.53. The van der Waals surface area contributed by atoms with Crippen molar-refractivity contribution in [3.05, 3.63) is 0 Å². The zero-order chi connectivity index (χ0) is 14.4. The zero-order valence-electron chi connectivity index (χ0n) is 11.8. The topological polar surface area (TPSA) is 69.6 Å². The molecule has 1 saturated heterocycles. The Hall–Kier alpha value is -0.910. The van der Waals surface area contributed by atoms with Gasteiger partial charge in [-0.1, -0.05) is 25.7 Å². The second kappa shape index (κ2) is 7.76. The van der Waals surface area contributed by atoms with E-state index >= 15 is 0 Å². The highest BCUT2D eigenvalue weighted by molar-refractivity contribution is 7.99. The van der Waals surface area contributed by atoms with E-state index in [1.54, 1.807) is 16.7 Å². The number of hydrogen-bond acceptors (Lipinski definition) is 3. The number of thioether (sulfide) groups is 1. The maximum Gasteiger partial charge on any atom is 0.317 e. The summed E-state index contributed by atoms with van der Waals surface area (Å²) < 4.78 is 0. The van der Waals surface area contributed by atoms with Crippen molar-refractivity contribution in [2.24, 2.45) is 0 Å². The standard InChI is InChI=1S/C14H24N2O3S/c17-13(18)9-12-10-20-8-7-16(12)14(19)15-11-5-3-1-2-4-6-11/h11-12H,1-10H2,(H,15,19)(H,17,18). The predicted molar refractivity (Wildman–Crippen MR) is 80.1 cm³/mol. The van der Waals surface area contributed by atoms with Crippen LogP contribution in [0.3, 0.4) is 0 Å². The Morgan fingerprint density at radius 1 is 1.20 bits per heavy atom. The Kier molecular flexibility index (Phi) is 6.01. The van der Waals surface area contributed by atoms with Gasteiger partial charge in [-0.2, -0.15) is 11.8 Å². The van der Waals surface area contributed by atoms with Crippen molar-refractivity contribution in [3.8, 4) is 0 Å². The number of amides is 2. The third-order valence-electron chi connectivity index (χ3n) is 4.08. The number of aliphatic carboxylic acids is 1. The van der Waals surface area contributed by atoms with Crippen molar-refractivity contribution < 1.29 is 14.7 Å². The summed E-state index contributed by atoms with van der Waals surface area (Å²) in [6, 6.07) is 0.0329. The van der Waals surface area contributed by atoms with Crippen molar-refractivity contribution in [2.45, 2.75) is 57.0 Å². The predicted octanol–water partition coefficient (Wildman–Crippen LogP) is 2.31. The van der Waals surface area contributed by atoms with Gasteiger partial charge in [-0.3, -0.25) is 4.79 Å². The van der Waals surface area contributed by atoms with Gasteiger partial charge >= 0.3 is 12.0 Å². The van der Waals surface area contributed by atoms with Gasteiger partial charge in [0, 0.05) is 24.1 Å². The van der Waals surface area contributed by atoms with Crippen LogP contribution in [-0.2, 0) is 4.79 Å². The molecule has 6 heteroatoms. The maximum absolute atomic E-state index is 12.4. The van der Waals surface area contributed by atoms with E-state index in [1.807, 2.05) is 0 Å². The Morgan fingerprint density at radius 2 is 1.90 bits per heavy atom. The van der Waals surface area contributed by atoms with E-state index in [0.29, 0.717) is 6.54 Å². The lowest BCUT2D eigenvalue weighted by molar-refractivity contribution is -0.138. The number of carbonyl (C=O) groups is 2. The molecule has 0 radical (unpaired) electrons. The molecule has 0 aromatic carbocycles. The largest absolute Gasteiger partial charge is 0.481 e. The second-order valence-electron chi connectivity index (χ2n) is 5.66. The number of carboxylic acid groups (broad SMARTS) is 1. The minimum absolute atomic E-state index is 0.0467. The van der Waals surface area contributed by atoms with Gasteiger partial charge in [0.2, 0.25) is 0 Å². The smallest absolute Gasteiger partial charge is 0.317 e. The fraction of sp³-hybridized carbons (Fsp3) is 0.857. The lowest BCUT2D eigenvalue weighted by atomic mass is 10.1. The first kappa shape index (κ1) is 15.5. The van der Waals surface area contributed by atoms with E-state index in [2.05, 4.69) is 5.32 Å². The third kappa shape index (κ3) is 4.58. The minimum Gasteiger partial charge on any atom is -0.481 e. The molecule has 0 spiro atoms. The van der Waals surface area contributed by atoms with Gasteiger partial charge < -0.3 is 15.3 Å². The summed E-state index contributed by atoms with van der Waals surface area (Å²) in [5.41, 5.74) is 0. The number of urea groups is 1. The van der Waals surface area contributed by atoms with Crippen LogP contribution in [0.5, 0.6) is 0 Å². The lowest BCUT2D eigenvalue weighted by Gasteiger charge is -2.35. The molecule has 2 rings (SSSR count). The Morgan fingerprint density at radius 3 is 2.55 bits per heavy atom. The Balaban J connectivity index is 1.89. The molecule has 1 saturated carbocycles. The molecule has 5 nitrogen and oxygen atoms in total. The fourth-order valence-corrected chi connectivity index (χ4v) is 4.04. The quantitative estimate of drug-likeness (QED) is 0.785. The maximum atomic E-state index is 12.4. The van der Waals surface area contributed by atoms with Gasteiger partial charge in [-0.05, 0) is 12.8 Å². The van der Waals surface area contributed by atoms with Crippen LogP contribution in [0.25, 0.3) is 0 Å². The zero-order valence-corrected chi connectivity index (χ0v) is 12.7. The van der Waals surface area contributed by atoms with Gasteiger partial charge in [0.25, 0.3) is 0 Å². The van der Waals surface area contributed by atoms with E-state index < -0.39 is 5.97 Å². The molecule has 1 aliphatic heterocycles. The second-order valence-corrected chi connectivity index (χ2v) is 6.81. The summed E-state index contributed by atoms with van der Waals surface area (Å²) in [4.78, 5) is 25.0. The van der Waals surface area contributed by atoms with Crippen LogP contribution in [0.15, 0.2) is 0 Å². The van der Waals surface area contributed by atoms with Gasteiger partial charge in [0.05, 0.1) is 12.5 Å². The van der Waals surface area contributed by atoms with Gasteiger partial charge in [0.1, 0.15) is 0 Å². The van der Waals surface area contributed by atoms with E-state index in [0.717, 1.165) is 24.3 Å². The molecule has 1 unspecified atom stereocenters. The molecular formula is C14H24N2O3S. The molecule has 2 N–H and O–H groups in total. The van der Waals surface area contributed by atoms with E-state index in [4.69, 9.17) is 5.11 Å². The molecule has 1 aliphatic carbocycles. The van der Waals surface area contributed by atoms with E-state index in [-0.39, 0.29) is 24.5 Å². The first-order valence-corrected chi connectivity index (χ1v) is 8.69. The first-order chi connectivity index (χ1) is 9.66. The average molecular weight is 300 g/mol. The highest BCUT2D eigenvalue weighted by Crippen LogP contribution is 2.21. The summed E-state index contributed by atoms with van der Waals surface area (Å²) >= 11 is 1.73. The number of carboxylic acids is 1. The van der Waals surface area contributed by atoms with Gasteiger partial charge in [-0.25, -0.2) is 4.79 Å². The van der Waals surface area contributed by atoms with Crippen molar-refractivity contribution in [1.29, 1.82) is 0 Å². The van der Waals surface area contributed by atoms with Crippen LogP contribution < -0.4 is 5.32 Å². The average Bonchev–Trinajstić information content (AvgIpc) is 2.67. The molecule has 2 amide bonds. The number of carbonyl (C=O) groups excluding carboxylic acids is 1. The molecule has 0 aromatic rings. The number of nitrogens with zero attached hydrogens (tertiary/aromatic N) is 1. The molecule has 0 aromatic heterocycles. The van der Waals surface area contributed by atoms with Crippen molar-refractivity contribution in [1.82, 2.24) is 10.2 Å². The molecule has 1 atom stereocenters. The van der Waals surface area contributed by atoms with Crippen LogP contribution in [0.2, 0.25) is 0 Å². The third-order valence-corrected chi connectivity index (χ3v) is 5.17. The molecular weight excluding hydrogens is 276 g/mol. The number of nitrogens with one attached hydrogen (secondary N) is 1. The van der Waals surface area contributed by atoms with Crippen LogP contribution >= 0.6 is 11.8 Å². The number of rotatable bonds is 3. The number of hydrogen-bond donors (Lipinski definition) is 2. The summed E-state index contributed by atoms with van der Waals surface area (Å²) in [5.74, 6) is 0.795. The van der Waals surface area contributed by atoms with E-state index in [9.17, 15) is 9.59 Å². The molecule has 1 heterocycles. The van der Waals surface area contributed by atoms with Crippen molar-refractivity contribution in [3.63, 3.8) is 0 Å². The summed E-state index contributed by atoms with van der Waals surface area (Å²) in [6.45, 7) is 0.654. The summed E-state index contributed by atoms with van der Waals surface area (Å²) in [6.07, 6.45) is 7.03. The van der Waals surface area contributed by atoms with Crippen LogP contribution in [-0.4, -0.2) is 52.1 Å². The van der Waals surface area contributed by atoms with Crippen LogP contribution in [0.1, 0.15) is 44.9 Å². The summed E-state index contributed by atoms with van der Waals surface area (Å²) in [7, 11) is 0.